The van der Waals surface area contributed by atoms with Gasteiger partial charge in [-0.1, -0.05) is 11.6 Å². The van der Waals surface area contributed by atoms with E-state index in [1.165, 1.54) is 29.9 Å². The molecule has 0 saturated heterocycles. The van der Waals surface area contributed by atoms with E-state index >= 15 is 0 Å². The number of nitrogens with zero attached hydrogens (tertiary/aromatic N) is 1. The second-order valence-electron chi connectivity index (χ2n) is 4.51. The van der Waals surface area contributed by atoms with Crippen LogP contribution in [0.1, 0.15) is 15.9 Å². The molecule has 0 atom stereocenters. The minimum Gasteiger partial charge on any atom is -0.321 e. The molecule has 0 aliphatic rings. The van der Waals surface area contributed by atoms with Crippen LogP contribution in [-0.2, 0) is 13.2 Å². The third kappa shape index (κ3) is 3.48. The number of carbonyl (C=O) groups excluding carboxylic acids is 1. The molecule has 8 heteroatoms. The first-order valence-electron chi connectivity index (χ1n) is 6.03. The summed E-state index contributed by atoms with van der Waals surface area (Å²) < 4.78 is 39.2. The third-order valence-electron chi connectivity index (χ3n) is 2.89. The fraction of sp³-hybridized carbons (Fsp3) is 0.143. The largest absolute Gasteiger partial charge is 0.416 e. The molecule has 0 aliphatic heterocycles. The van der Waals surface area contributed by atoms with Gasteiger partial charge in [0, 0.05) is 19.3 Å². The zero-order valence-corrected chi connectivity index (χ0v) is 12.0. The molecule has 1 aromatic carbocycles. The van der Waals surface area contributed by atoms with Crippen LogP contribution in [0.2, 0.25) is 5.02 Å². The quantitative estimate of drug-likeness (QED) is 0.918. The van der Waals surface area contributed by atoms with E-state index in [1.54, 1.807) is 0 Å². The molecule has 1 heterocycles. The summed E-state index contributed by atoms with van der Waals surface area (Å²) in [6.07, 6.45) is -3.26. The van der Waals surface area contributed by atoms with Crippen molar-refractivity contribution in [3.05, 3.63) is 63.0 Å². The summed E-state index contributed by atoms with van der Waals surface area (Å²) in [4.78, 5) is 23.3. The molecule has 116 valence electrons. The van der Waals surface area contributed by atoms with Crippen LogP contribution in [0.15, 0.2) is 41.3 Å². The number of rotatable bonds is 2. The van der Waals surface area contributed by atoms with Gasteiger partial charge in [0.2, 0.25) is 5.56 Å². The van der Waals surface area contributed by atoms with Crippen LogP contribution in [0.3, 0.4) is 0 Å². The van der Waals surface area contributed by atoms with Crippen molar-refractivity contribution in [3.8, 4) is 0 Å². The van der Waals surface area contributed by atoms with Crippen LogP contribution in [-0.4, -0.2) is 10.5 Å². The van der Waals surface area contributed by atoms with Crippen molar-refractivity contribution in [2.24, 2.45) is 7.05 Å². The summed E-state index contributed by atoms with van der Waals surface area (Å²) in [5.41, 5.74) is -1.27. The lowest BCUT2D eigenvalue weighted by atomic mass is 10.2. The Hall–Kier alpha value is -2.28. The summed E-state index contributed by atoms with van der Waals surface area (Å²) in [6.45, 7) is 0. The summed E-state index contributed by atoms with van der Waals surface area (Å²) >= 11 is 5.80. The van der Waals surface area contributed by atoms with E-state index in [1.807, 2.05) is 0 Å². The Balaban J connectivity index is 2.31. The highest BCUT2D eigenvalue weighted by Gasteiger charge is 2.31. The van der Waals surface area contributed by atoms with Gasteiger partial charge in [-0.25, -0.2) is 0 Å². The van der Waals surface area contributed by atoms with E-state index < -0.39 is 17.6 Å². The number of aryl methyl sites for hydroxylation is 1. The van der Waals surface area contributed by atoms with Crippen LogP contribution >= 0.6 is 11.6 Å². The first kappa shape index (κ1) is 16.1. The molecule has 0 radical (unpaired) electrons. The number of anilines is 1. The molecule has 0 fully saturated rings. The molecule has 2 aromatic rings. The highest BCUT2D eigenvalue weighted by atomic mass is 35.5. The van der Waals surface area contributed by atoms with E-state index in [9.17, 15) is 22.8 Å². The third-order valence-corrected chi connectivity index (χ3v) is 3.22. The lowest BCUT2D eigenvalue weighted by Crippen LogP contribution is -2.19. The van der Waals surface area contributed by atoms with E-state index in [-0.39, 0.29) is 21.8 Å². The van der Waals surface area contributed by atoms with Crippen molar-refractivity contribution >= 4 is 23.2 Å². The Kier molecular flexibility index (Phi) is 4.27. The average molecular weight is 331 g/mol. The molecule has 1 amide bonds. The van der Waals surface area contributed by atoms with Crippen LogP contribution in [0, 0.1) is 0 Å². The first-order chi connectivity index (χ1) is 10.2. The smallest absolute Gasteiger partial charge is 0.321 e. The summed E-state index contributed by atoms with van der Waals surface area (Å²) in [6, 6.07) is 5.09. The van der Waals surface area contributed by atoms with Crippen molar-refractivity contribution in [3.63, 3.8) is 0 Å². The highest BCUT2D eigenvalue weighted by Crippen LogP contribution is 2.33. The first-order valence-corrected chi connectivity index (χ1v) is 6.41. The SMILES string of the molecule is Cn1cc(C(=O)Nc2cc(C(F)(F)F)ccc2Cl)ccc1=O. The molecule has 1 N–H and O–H groups in total. The van der Waals surface area contributed by atoms with Gasteiger partial charge in [0.25, 0.3) is 5.91 Å². The molecule has 1 aromatic heterocycles. The zero-order valence-electron chi connectivity index (χ0n) is 11.2. The molecular formula is C14H10ClF3N2O2. The van der Waals surface area contributed by atoms with Gasteiger partial charge in [0.05, 0.1) is 21.8 Å². The number of nitrogens with one attached hydrogen (secondary N) is 1. The van der Waals surface area contributed by atoms with Crippen molar-refractivity contribution in [1.82, 2.24) is 4.57 Å². The highest BCUT2D eigenvalue weighted by molar-refractivity contribution is 6.34. The molecule has 0 spiro atoms. The fourth-order valence-corrected chi connectivity index (χ4v) is 1.88. The Morgan fingerprint density at radius 3 is 2.50 bits per heavy atom. The van der Waals surface area contributed by atoms with Gasteiger partial charge in [-0.05, 0) is 24.3 Å². The Bertz CT molecular complexity index is 784. The minimum atomic E-state index is -4.54. The molecule has 0 unspecified atom stereocenters. The molecule has 0 saturated carbocycles. The average Bonchev–Trinajstić information content (AvgIpc) is 2.43. The van der Waals surface area contributed by atoms with E-state index in [0.29, 0.717) is 0 Å². The fourth-order valence-electron chi connectivity index (χ4n) is 1.72. The maximum Gasteiger partial charge on any atom is 0.416 e. The Morgan fingerprint density at radius 2 is 1.91 bits per heavy atom. The topological polar surface area (TPSA) is 51.1 Å². The predicted octanol–water partition coefficient (Wildman–Crippen LogP) is 3.31. The van der Waals surface area contributed by atoms with Crippen LogP contribution in [0.5, 0.6) is 0 Å². The lowest BCUT2D eigenvalue weighted by Gasteiger charge is -2.12. The standard InChI is InChI=1S/C14H10ClF3N2O2/c1-20-7-8(2-5-12(20)21)13(22)19-11-6-9(14(16,17)18)3-4-10(11)15/h2-7H,1H3,(H,19,22). The van der Waals surface area contributed by atoms with E-state index in [2.05, 4.69) is 5.32 Å². The van der Waals surface area contributed by atoms with Crippen molar-refractivity contribution < 1.29 is 18.0 Å². The van der Waals surface area contributed by atoms with E-state index in [4.69, 9.17) is 11.6 Å². The van der Waals surface area contributed by atoms with Gasteiger partial charge < -0.3 is 9.88 Å². The number of aromatic nitrogens is 1. The number of amides is 1. The van der Waals surface area contributed by atoms with Gasteiger partial charge in [-0.3, -0.25) is 9.59 Å². The maximum absolute atomic E-state index is 12.7. The second kappa shape index (κ2) is 5.84. The van der Waals surface area contributed by atoms with Crippen molar-refractivity contribution in [2.75, 3.05) is 5.32 Å². The normalized spacial score (nSPS) is 11.3. The van der Waals surface area contributed by atoms with Crippen molar-refractivity contribution in [2.45, 2.75) is 6.18 Å². The molecule has 0 bridgehead atoms. The lowest BCUT2D eigenvalue weighted by molar-refractivity contribution is -0.137. The van der Waals surface area contributed by atoms with E-state index in [0.717, 1.165) is 18.2 Å². The monoisotopic (exact) mass is 330 g/mol. The van der Waals surface area contributed by atoms with Crippen LogP contribution in [0.4, 0.5) is 18.9 Å². The summed E-state index contributed by atoms with van der Waals surface area (Å²) in [7, 11) is 1.45. The molecule has 22 heavy (non-hydrogen) atoms. The number of halogens is 4. The number of alkyl halides is 3. The number of hydrogen-bond donors (Lipinski definition) is 1. The number of carbonyl (C=O) groups is 1. The predicted molar refractivity (Wildman–Crippen MR) is 76.1 cm³/mol. The van der Waals surface area contributed by atoms with Gasteiger partial charge in [-0.2, -0.15) is 13.2 Å². The Labute approximate surface area is 128 Å². The van der Waals surface area contributed by atoms with Crippen LogP contribution < -0.4 is 10.9 Å². The van der Waals surface area contributed by atoms with Crippen LogP contribution in [0.25, 0.3) is 0 Å². The number of pyridine rings is 1. The molecule has 2 rings (SSSR count). The molecular weight excluding hydrogens is 321 g/mol. The van der Waals surface area contributed by atoms with Gasteiger partial charge in [0.1, 0.15) is 0 Å². The summed E-state index contributed by atoms with van der Waals surface area (Å²) in [5, 5.41) is 2.28. The number of hydrogen-bond acceptors (Lipinski definition) is 2. The molecule has 4 nitrogen and oxygen atoms in total. The second-order valence-corrected chi connectivity index (χ2v) is 4.92. The minimum absolute atomic E-state index is 0.0221. The number of benzene rings is 1. The summed E-state index contributed by atoms with van der Waals surface area (Å²) in [5.74, 6) is -0.670. The van der Waals surface area contributed by atoms with Gasteiger partial charge in [0.15, 0.2) is 0 Å². The van der Waals surface area contributed by atoms with Gasteiger partial charge in [-0.15, -0.1) is 0 Å². The Morgan fingerprint density at radius 1 is 1.23 bits per heavy atom. The zero-order chi connectivity index (χ0) is 16.5. The van der Waals surface area contributed by atoms with Gasteiger partial charge >= 0.3 is 6.18 Å². The molecule has 0 aliphatic carbocycles. The maximum atomic E-state index is 12.7. The van der Waals surface area contributed by atoms with Crippen molar-refractivity contribution in [1.29, 1.82) is 0 Å².